The number of allylic oxidation sites excluding steroid dienone is 2. The second-order valence-electron chi connectivity index (χ2n) is 8.09. The van der Waals surface area contributed by atoms with Gasteiger partial charge in [-0.25, -0.2) is 4.98 Å². The summed E-state index contributed by atoms with van der Waals surface area (Å²) in [4.78, 5) is 19.8. The van der Waals surface area contributed by atoms with Crippen molar-refractivity contribution in [2.24, 2.45) is 11.5 Å². The van der Waals surface area contributed by atoms with Gasteiger partial charge in [0.05, 0.1) is 16.8 Å². The van der Waals surface area contributed by atoms with E-state index in [0.717, 1.165) is 49.6 Å². The minimum atomic E-state index is -0.514. The number of hydrogen-bond donors (Lipinski definition) is 5. The number of nitrogens with two attached hydrogens (primary N) is 2. The van der Waals surface area contributed by atoms with Gasteiger partial charge in [-0.1, -0.05) is 19.1 Å². The van der Waals surface area contributed by atoms with Crippen LogP contribution in [0.1, 0.15) is 30.1 Å². The smallest absolute Gasteiger partial charge is 0.252 e. The Labute approximate surface area is 210 Å². The van der Waals surface area contributed by atoms with E-state index in [1.54, 1.807) is 18.0 Å². The lowest BCUT2D eigenvalue weighted by molar-refractivity contribution is 0.100. The number of benzene rings is 1. The van der Waals surface area contributed by atoms with Crippen LogP contribution in [0.2, 0.25) is 0 Å². The molecule has 0 radical (unpaired) electrons. The molecule has 2 aromatic rings. The number of nitriles is 1. The molecule has 1 aliphatic heterocycles. The molecule has 0 unspecified atom stereocenters. The number of rotatable bonds is 11. The maximum atomic E-state index is 12.0. The van der Waals surface area contributed by atoms with Gasteiger partial charge in [0.1, 0.15) is 11.9 Å². The third-order valence-corrected chi connectivity index (χ3v) is 6.45. The second-order valence-corrected chi connectivity index (χ2v) is 9.05. The van der Waals surface area contributed by atoms with Crippen molar-refractivity contribution in [3.05, 3.63) is 66.0 Å². The summed E-state index contributed by atoms with van der Waals surface area (Å²) in [6, 6.07) is 12.1. The summed E-state index contributed by atoms with van der Waals surface area (Å²) < 4.78 is 3.24. The van der Waals surface area contributed by atoms with Crippen molar-refractivity contribution in [3.8, 4) is 6.07 Å². The molecule has 3 rings (SSSR count). The van der Waals surface area contributed by atoms with Crippen LogP contribution >= 0.6 is 11.9 Å². The lowest BCUT2D eigenvalue weighted by Gasteiger charge is -2.32. The molecule has 0 bridgehead atoms. The van der Waals surface area contributed by atoms with Crippen LogP contribution in [0.3, 0.4) is 0 Å². The van der Waals surface area contributed by atoms with Gasteiger partial charge in [-0.2, -0.15) is 5.26 Å². The van der Waals surface area contributed by atoms with Crippen LogP contribution in [0.4, 0.5) is 17.2 Å². The minimum absolute atomic E-state index is 0.210. The van der Waals surface area contributed by atoms with E-state index in [1.165, 1.54) is 12.4 Å². The Morgan fingerprint density at radius 1 is 1.34 bits per heavy atom. The number of carbonyl (C=O) groups is 1. The zero-order chi connectivity index (χ0) is 25.0. The predicted octanol–water partition coefficient (Wildman–Crippen LogP) is 3.34. The molecule has 1 aliphatic rings. The van der Waals surface area contributed by atoms with E-state index in [4.69, 9.17) is 16.7 Å². The summed E-state index contributed by atoms with van der Waals surface area (Å²) in [6.07, 6.45) is 8.34. The number of aromatic nitrogens is 1. The minimum Gasteiger partial charge on any atom is -0.404 e. The standard InChI is InChI=1S/C25H32N8OS/c1-2-30-35-21-7-3-6-20(13-21)32-24-14-23(22(17-29-24)25(28)34)31-19-8-11-33(12-9-19)10-4-5-18(15-26)16-27/h3-7,13-15,17,19,30H,2,8-12,26H2,1H3,(H2,28,34)(H2,29,31,32)/b5-4-,18-15+. The van der Waals surface area contributed by atoms with Crippen LogP contribution in [0.5, 0.6) is 0 Å². The quantitative estimate of drug-likeness (QED) is 0.181. The lowest BCUT2D eigenvalue weighted by Crippen LogP contribution is -2.39. The molecular weight excluding hydrogens is 460 g/mol. The highest BCUT2D eigenvalue weighted by Crippen LogP contribution is 2.26. The average molecular weight is 493 g/mol. The molecule has 0 saturated carbocycles. The summed E-state index contributed by atoms with van der Waals surface area (Å²) in [5.41, 5.74) is 13.4. The fourth-order valence-corrected chi connectivity index (χ4v) is 4.36. The number of nitrogens with zero attached hydrogens (tertiary/aromatic N) is 3. The first-order valence-corrected chi connectivity index (χ1v) is 12.4. The first-order chi connectivity index (χ1) is 17.0. The van der Waals surface area contributed by atoms with E-state index < -0.39 is 5.91 Å². The Hall–Kier alpha value is -3.52. The number of likely N-dealkylation sites (tertiary alicyclic amines) is 1. The predicted molar refractivity (Wildman–Crippen MR) is 142 cm³/mol. The lowest BCUT2D eigenvalue weighted by atomic mass is 10.0. The molecule has 1 amide bonds. The molecule has 1 saturated heterocycles. The fraction of sp³-hybridized carbons (Fsp3) is 0.320. The molecule has 7 N–H and O–H groups in total. The molecule has 184 valence electrons. The Bertz CT molecular complexity index is 1100. The Morgan fingerprint density at radius 2 is 2.14 bits per heavy atom. The third-order valence-electron chi connectivity index (χ3n) is 5.53. The maximum Gasteiger partial charge on any atom is 0.252 e. The van der Waals surface area contributed by atoms with Gasteiger partial charge in [0, 0.05) is 61.3 Å². The fourth-order valence-electron chi connectivity index (χ4n) is 3.72. The highest BCUT2D eigenvalue weighted by atomic mass is 32.2. The van der Waals surface area contributed by atoms with Gasteiger partial charge in [-0.3, -0.25) is 14.4 Å². The molecule has 1 aromatic carbocycles. The van der Waals surface area contributed by atoms with Gasteiger partial charge in [-0.05, 0) is 49.1 Å². The zero-order valence-electron chi connectivity index (χ0n) is 19.8. The molecule has 35 heavy (non-hydrogen) atoms. The van der Waals surface area contributed by atoms with E-state index in [-0.39, 0.29) is 6.04 Å². The van der Waals surface area contributed by atoms with E-state index in [0.29, 0.717) is 22.6 Å². The molecular formula is C25H32N8OS. The highest BCUT2D eigenvalue weighted by molar-refractivity contribution is 7.97. The number of piperidine rings is 1. The van der Waals surface area contributed by atoms with Crippen molar-refractivity contribution in [2.45, 2.75) is 30.7 Å². The van der Waals surface area contributed by atoms with E-state index >= 15 is 0 Å². The topological polar surface area (TPSA) is 145 Å². The number of hydrogen-bond acceptors (Lipinski definition) is 9. The Balaban J connectivity index is 1.63. The number of nitrogens with one attached hydrogen (secondary N) is 3. The van der Waals surface area contributed by atoms with Gasteiger partial charge < -0.3 is 22.1 Å². The normalized spacial score (nSPS) is 15.1. The summed E-state index contributed by atoms with van der Waals surface area (Å²) in [5.74, 6) is 0.117. The molecule has 10 heteroatoms. The Morgan fingerprint density at radius 3 is 2.83 bits per heavy atom. The molecule has 0 spiro atoms. The Kier molecular flexibility index (Phi) is 9.98. The van der Waals surface area contributed by atoms with E-state index in [2.05, 4.69) is 32.2 Å². The van der Waals surface area contributed by atoms with E-state index in [1.807, 2.05) is 42.5 Å². The van der Waals surface area contributed by atoms with Crippen molar-refractivity contribution < 1.29 is 4.79 Å². The molecule has 1 aromatic heterocycles. The van der Waals surface area contributed by atoms with Gasteiger partial charge >= 0.3 is 0 Å². The molecule has 0 atom stereocenters. The number of anilines is 3. The van der Waals surface area contributed by atoms with Gasteiger partial charge in [-0.15, -0.1) is 0 Å². The highest BCUT2D eigenvalue weighted by Gasteiger charge is 2.20. The van der Waals surface area contributed by atoms with Crippen LogP contribution < -0.4 is 26.8 Å². The van der Waals surface area contributed by atoms with Gasteiger partial charge in [0.25, 0.3) is 5.91 Å². The first-order valence-electron chi connectivity index (χ1n) is 11.6. The summed E-state index contributed by atoms with van der Waals surface area (Å²) >= 11 is 1.57. The largest absolute Gasteiger partial charge is 0.404 e. The summed E-state index contributed by atoms with van der Waals surface area (Å²) in [6.45, 7) is 5.48. The van der Waals surface area contributed by atoms with Crippen LogP contribution in [-0.4, -0.2) is 48.0 Å². The summed E-state index contributed by atoms with van der Waals surface area (Å²) in [7, 11) is 0. The van der Waals surface area contributed by atoms with Gasteiger partial charge in [0.2, 0.25) is 0 Å². The molecule has 9 nitrogen and oxygen atoms in total. The monoisotopic (exact) mass is 492 g/mol. The van der Waals surface area contributed by atoms with Crippen molar-refractivity contribution in [1.82, 2.24) is 14.6 Å². The summed E-state index contributed by atoms with van der Waals surface area (Å²) in [5, 5.41) is 15.7. The van der Waals surface area contributed by atoms with Gasteiger partial charge in [0.15, 0.2) is 0 Å². The van der Waals surface area contributed by atoms with Crippen LogP contribution in [-0.2, 0) is 0 Å². The molecule has 1 fully saturated rings. The maximum absolute atomic E-state index is 12.0. The van der Waals surface area contributed by atoms with Crippen LogP contribution in [0.15, 0.2) is 65.3 Å². The second kappa shape index (κ2) is 13.4. The number of pyridine rings is 1. The number of carbonyl (C=O) groups excluding carboxylic acids is 1. The molecule has 2 heterocycles. The van der Waals surface area contributed by atoms with Crippen molar-refractivity contribution in [1.29, 1.82) is 5.26 Å². The zero-order valence-corrected chi connectivity index (χ0v) is 20.6. The van der Waals surface area contributed by atoms with E-state index in [9.17, 15) is 4.79 Å². The van der Waals surface area contributed by atoms with Crippen LogP contribution in [0.25, 0.3) is 0 Å². The first kappa shape index (κ1) is 26.1. The van der Waals surface area contributed by atoms with Crippen molar-refractivity contribution in [2.75, 3.05) is 36.8 Å². The third kappa shape index (κ3) is 8.03. The van der Waals surface area contributed by atoms with Crippen molar-refractivity contribution in [3.63, 3.8) is 0 Å². The number of amides is 1. The molecule has 0 aliphatic carbocycles. The van der Waals surface area contributed by atoms with Crippen LogP contribution in [0, 0.1) is 11.3 Å². The average Bonchev–Trinajstić information content (AvgIpc) is 2.86. The van der Waals surface area contributed by atoms with Crippen molar-refractivity contribution >= 4 is 35.0 Å². The number of primary amides is 1. The SMILES string of the molecule is CCNSc1cccc(Nc2cc(NC3CCN(C/C=C\C(C#N)=C/N)CC3)c(C(N)=O)cn2)c1.